The summed E-state index contributed by atoms with van der Waals surface area (Å²) in [5.41, 5.74) is 16.3. The second-order valence-corrected chi connectivity index (χ2v) is 16.4. The van der Waals surface area contributed by atoms with E-state index in [2.05, 4.69) is 264 Å². The molecule has 0 aliphatic carbocycles. The first kappa shape index (κ1) is 37.3. The molecule has 12 aromatic rings. The van der Waals surface area contributed by atoms with Crippen LogP contribution in [0, 0.1) is 0 Å². The van der Waals surface area contributed by atoms with E-state index in [0.29, 0.717) is 0 Å². The van der Waals surface area contributed by atoms with Crippen LogP contribution in [-0.4, -0.2) is 4.57 Å². The molecule has 1 heterocycles. The Labute approximate surface area is 373 Å². The SMILES string of the molecule is c1ccc(-c2ccccc2-c2c(-c3ccccc3)cccc2N(c2ccc(-c3cccc4c3c3ccccc3n4-c3ccccc3)cc2)c2ccc3c(ccc4ccccc43)c2)cc1. The Balaban J connectivity index is 1.09. The predicted molar refractivity (Wildman–Crippen MR) is 272 cm³/mol. The molecule has 0 bridgehead atoms. The zero-order chi connectivity index (χ0) is 42.4. The van der Waals surface area contributed by atoms with E-state index >= 15 is 0 Å². The van der Waals surface area contributed by atoms with Crippen LogP contribution in [0.5, 0.6) is 0 Å². The molecule has 12 rings (SSSR count). The molecule has 0 spiro atoms. The number of para-hydroxylation sites is 2. The predicted octanol–water partition coefficient (Wildman–Crippen LogP) is 17.2. The molecule has 11 aromatic carbocycles. The van der Waals surface area contributed by atoms with Gasteiger partial charge in [-0.3, -0.25) is 0 Å². The van der Waals surface area contributed by atoms with Gasteiger partial charge in [0.25, 0.3) is 0 Å². The minimum atomic E-state index is 1.08. The van der Waals surface area contributed by atoms with E-state index in [4.69, 9.17) is 0 Å². The van der Waals surface area contributed by atoms with Gasteiger partial charge in [-0.15, -0.1) is 0 Å². The van der Waals surface area contributed by atoms with E-state index in [0.717, 1.165) is 22.7 Å². The van der Waals surface area contributed by atoms with Gasteiger partial charge in [-0.2, -0.15) is 0 Å². The summed E-state index contributed by atoms with van der Waals surface area (Å²) in [7, 11) is 0. The van der Waals surface area contributed by atoms with Crippen molar-refractivity contribution in [2.45, 2.75) is 0 Å². The fraction of sp³-hybridized carbons (Fsp3) is 0. The highest BCUT2D eigenvalue weighted by Gasteiger charge is 2.24. The lowest BCUT2D eigenvalue weighted by Crippen LogP contribution is -2.12. The molecule has 0 atom stereocenters. The average molecular weight is 815 g/mol. The first-order chi connectivity index (χ1) is 31.8. The van der Waals surface area contributed by atoms with Gasteiger partial charge >= 0.3 is 0 Å². The Morgan fingerprint density at radius 2 is 0.828 bits per heavy atom. The maximum atomic E-state index is 2.46. The fourth-order valence-corrected chi connectivity index (χ4v) is 9.91. The third kappa shape index (κ3) is 6.35. The topological polar surface area (TPSA) is 8.17 Å². The van der Waals surface area contributed by atoms with Gasteiger partial charge in [0.05, 0.1) is 16.7 Å². The third-order valence-corrected chi connectivity index (χ3v) is 12.8. The zero-order valence-electron chi connectivity index (χ0n) is 35.1. The van der Waals surface area contributed by atoms with Crippen molar-refractivity contribution in [3.05, 3.63) is 255 Å². The standard InChI is InChI=1S/C62H42N2/c1-4-18-43(19-5-1)52-26-12-13-27-56(52)61-54(44-20-6-2-7-21-44)29-16-32-59(61)63(50-40-41-53-47(42-50)35-34-45-22-10-11-25-51(45)53)49-38-36-46(37-39-49)55-30-17-33-60-62(55)57-28-14-15-31-58(57)64(60)48-23-8-3-9-24-48/h1-42H. The molecule has 0 unspecified atom stereocenters. The Morgan fingerprint density at radius 1 is 0.297 bits per heavy atom. The van der Waals surface area contributed by atoms with E-state index in [-0.39, 0.29) is 0 Å². The normalized spacial score (nSPS) is 11.4. The lowest BCUT2D eigenvalue weighted by molar-refractivity contribution is 1.18. The highest BCUT2D eigenvalue weighted by Crippen LogP contribution is 2.49. The number of fused-ring (bicyclic) bond motifs is 6. The number of hydrogen-bond donors (Lipinski definition) is 0. The van der Waals surface area contributed by atoms with Crippen molar-refractivity contribution < 1.29 is 0 Å². The lowest BCUT2D eigenvalue weighted by Gasteiger charge is -2.30. The maximum absolute atomic E-state index is 2.46. The van der Waals surface area contributed by atoms with Gasteiger partial charge in [-0.1, -0.05) is 200 Å². The highest BCUT2D eigenvalue weighted by atomic mass is 15.1. The molecule has 0 aliphatic heterocycles. The molecule has 0 aliphatic rings. The van der Waals surface area contributed by atoms with Crippen LogP contribution in [0.2, 0.25) is 0 Å². The summed E-state index contributed by atoms with van der Waals surface area (Å²) in [6.45, 7) is 0. The Kier molecular flexibility index (Phi) is 9.20. The van der Waals surface area contributed by atoms with Crippen molar-refractivity contribution >= 4 is 60.4 Å². The molecule has 0 amide bonds. The molecule has 0 radical (unpaired) electrons. The number of aromatic nitrogens is 1. The minimum Gasteiger partial charge on any atom is -0.310 e. The summed E-state index contributed by atoms with van der Waals surface area (Å²) in [6, 6.07) is 92.8. The van der Waals surface area contributed by atoms with Crippen LogP contribution >= 0.6 is 0 Å². The first-order valence-corrected chi connectivity index (χ1v) is 22.0. The van der Waals surface area contributed by atoms with E-state index in [1.807, 2.05) is 0 Å². The summed E-state index contributed by atoms with van der Waals surface area (Å²) in [6.07, 6.45) is 0. The molecule has 0 saturated heterocycles. The second-order valence-electron chi connectivity index (χ2n) is 16.4. The number of rotatable bonds is 8. The quantitative estimate of drug-likeness (QED) is 0.139. The van der Waals surface area contributed by atoms with Gasteiger partial charge in [-0.05, 0) is 115 Å². The van der Waals surface area contributed by atoms with E-state index in [9.17, 15) is 0 Å². The van der Waals surface area contributed by atoms with Crippen LogP contribution in [0.25, 0.3) is 93.5 Å². The molecule has 64 heavy (non-hydrogen) atoms. The number of nitrogens with zero attached hydrogens (tertiary/aromatic N) is 2. The van der Waals surface area contributed by atoms with Gasteiger partial charge in [0.1, 0.15) is 0 Å². The number of benzene rings is 11. The zero-order valence-corrected chi connectivity index (χ0v) is 35.1. The summed E-state index contributed by atoms with van der Waals surface area (Å²) in [4.78, 5) is 2.46. The molecule has 1 aromatic heterocycles. The number of anilines is 3. The van der Waals surface area contributed by atoms with Gasteiger partial charge < -0.3 is 9.47 Å². The molecule has 2 heteroatoms. The first-order valence-electron chi connectivity index (χ1n) is 22.0. The summed E-state index contributed by atoms with van der Waals surface area (Å²) in [5, 5.41) is 7.44. The van der Waals surface area contributed by atoms with Crippen molar-refractivity contribution in [2.24, 2.45) is 0 Å². The van der Waals surface area contributed by atoms with Crippen LogP contribution in [0.3, 0.4) is 0 Å². The van der Waals surface area contributed by atoms with Gasteiger partial charge in [-0.25, -0.2) is 0 Å². The largest absolute Gasteiger partial charge is 0.310 e. The smallest absolute Gasteiger partial charge is 0.0547 e. The Morgan fingerprint density at radius 3 is 1.61 bits per heavy atom. The summed E-state index contributed by atoms with van der Waals surface area (Å²) >= 11 is 0. The van der Waals surface area contributed by atoms with Crippen LogP contribution in [-0.2, 0) is 0 Å². The van der Waals surface area contributed by atoms with Crippen molar-refractivity contribution in [2.75, 3.05) is 4.90 Å². The molecular formula is C62H42N2. The van der Waals surface area contributed by atoms with Crippen LogP contribution in [0.4, 0.5) is 17.1 Å². The van der Waals surface area contributed by atoms with Crippen molar-refractivity contribution in [3.63, 3.8) is 0 Å². The van der Waals surface area contributed by atoms with E-state index in [1.54, 1.807) is 0 Å². The lowest BCUT2D eigenvalue weighted by atomic mass is 9.87. The maximum Gasteiger partial charge on any atom is 0.0547 e. The van der Waals surface area contributed by atoms with E-state index in [1.165, 1.54) is 87.9 Å². The second kappa shape index (κ2) is 15.8. The fourth-order valence-electron chi connectivity index (χ4n) is 9.91. The molecule has 0 fully saturated rings. The van der Waals surface area contributed by atoms with Gasteiger partial charge in [0.15, 0.2) is 0 Å². The molecule has 0 N–H and O–H groups in total. The summed E-state index contributed by atoms with van der Waals surface area (Å²) < 4.78 is 2.39. The van der Waals surface area contributed by atoms with Gasteiger partial charge in [0.2, 0.25) is 0 Å². The van der Waals surface area contributed by atoms with E-state index < -0.39 is 0 Å². The van der Waals surface area contributed by atoms with Crippen LogP contribution in [0.1, 0.15) is 0 Å². The van der Waals surface area contributed by atoms with Crippen LogP contribution in [0.15, 0.2) is 255 Å². The summed E-state index contributed by atoms with van der Waals surface area (Å²) in [5.74, 6) is 0. The third-order valence-electron chi connectivity index (χ3n) is 12.8. The molecule has 300 valence electrons. The minimum absolute atomic E-state index is 1.08. The molecule has 2 nitrogen and oxygen atoms in total. The Hall–Kier alpha value is -8.46. The number of hydrogen-bond acceptors (Lipinski definition) is 1. The average Bonchev–Trinajstić information content (AvgIpc) is 3.72. The van der Waals surface area contributed by atoms with Crippen molar-refractivity contribution in [1.29, 1.82) is 0 Å². The Bertz CT molecular complexity index is 3640. The van der Waals surface area contributed by atoms with Crippen molar-refractivity contribution in [3.8, 4) is 50.2 Å². The highest BCUT2D eigenvalue weighted by molar-refractivity contribution is 6.16. The monoisotopic (exact) mass is 814 g/mol. The molecular weight excluding hydrogens is 773 g/mol. The van der Waals surface area contributed by atoms with Crippen LogP contribution < -0.4 is 4.90 Å². The van der Waals surface area contributed by atoms with Gasteiger partial charge in [0, 0.05) is 33.4 Å². The molecule has 0 saturated carbocycles. The van der Waals surface area contributed by atoms with Crippen molar-refractivity contribution in [1.82, 2.24) is 4.57 Å².